The van der Waals surface area contributed by atoms with Crippen LogP contribution in [0.2, 0.25) is 5.02 Å². The van der Waals surface area contributed by atoms with Crippen LogP contribution < -0.4 is 5.32 Å². The molecular formula is C24H25ClN4O2. The molecule has 7 heteroatoms. The van der Waals surface area contributed by atoms with Crippen LogP contribution >= 0.6 is 11.6 Å². The summed E-state index contributed by atoms with van der Waals surface area (Å²) in [6.45, 7) is 2.96. The first-order chi connectivity index (χ1) is 14.9. The minimum Gasteiger partial charge on any atom is -0.342 e. The van der Waals surface area contributed by atoms with Gasteiger partial charge in [0.25, 0.3) is 0 Å². The van der Waals surface area contributed by atoms with Crippen molar-refractivity contribution < 1.29 is 9.59 Å². The number of nitrogens with one attached hydrogen (secondary N) is 1. The highest BCUT2D eigenvalue weighted by Crippen LogP contribution is 2.25. The van der Waals surface area contributed by atoms with E-state index in [1.165, 1.54) is 5.56 Å². The highest BCUT2D eigenvalue weighted by molar-refractivity contribution is 6.30. The summed E-state index contributed by atoms with van der Waals surface area (Å²) in [6, 6.07) is 15.0. The van der Waals surface area contributed by atoms with Crippen molar-refractivity contribution in [2.24, 2.45) is 13.0 Å². The van der Waals surface area contributed by atoms with Gasteiger partial charge in [0.1, 0.15) is 11.9 Å². The van der Waals surface area contributed by atoms with Crippen LogP contribution in [0.5, 0.6) is 0 Å². The Morgan fingerprint density at radius 1 is 1.19 bits per heavy atom. The third kappa shape index (κ3) is 4.80. The highest BCUT2D eigenvalue weighted by atomic mass is 35.5. The summed E-state index contributed by atoms with van der Waals surface area (Å²) in [5.74, 6) is 0.174. The second-order valence-corrected chi connectivity index (χ2v) is 8.49. The molecule has 0 bridgehead atoms. The first-order valence-corrected chi connectivity index (χ1v) is 10.6. The van der Waals surface area contributed by atoms with Gasteiger partial charge in [-0.1, -0.05) is 53.6 Å². The first-order valence-electron chi connectivity index (χ1n) is 10.3. The SMILES string of the molecule is Cc1ccc(CN2C[C@@H](C(=O)N[C@@H](c3ccc(Cl)cc3)c3nccn3C)CC2=O)cc1. The molecule has 1 saturated heterocycles. The Labute approximate surface area is 186 Å². The maximum Gasteiger partial charge on any atom is 0.226 e. The number of rotatable bonds is 6. The Morgan fingerprint density at radius 3 is 2.55 bits per heavy atom. The molecule has 2 aromatic carbocycles. The van der Waals surface area contributed by atoms with E-state index >= 15 is 0 Å². The molecule has 3 aromatic rings. The molecule has 31 heavy (non-hydrogen) atoms. The van der Waals surface area contributed by atoms with Crippen LogP contribution in [0.1, 0.15) is 35.0 Å². The normalized spacial score (nSPS) is 17.1. The molecule has 2 amide bonds. The van der Waals surface area contributed by atoms with Crippen molar-refractivity contribution in [2.75, 3.05) is 6.54 Å². The summed E-state index contributed by atoms with van der Waals surface area (Å²) < 4.78 is 1.88. The van der Waals surface area contributed by atoms with Crippen LogP contribution in [-0.4, -0.2) is 32.8 Å². The topological polar surface area (TPSA) is 67.2 Å². The molecule has 1 N–H and O–H groups in total. The Morgan fingerprint density at radius 2 is 1.90 bits per heavy atom. The number of nitrogens with zero attached hydrogens (tertiary/aromatic N) is 3. The van der Waals surface area contributed by atoms with Gasteiger partial charge in [-0.2, -0.15) is 0 Å². The van der Waals surface area contributed by atoms with E-state index in [0.717, 1.165) is 17.0 Å². The van der Waals surface area contributed by atoms with Crippen LogP contribution in [0.3, 0.4) is 0 Å². The van der Waals surface area contributed by atoms with E-state index in [2.05, 4.69) is 10.3 Å². The number of aromatic nitrogens is 2. The Kier molecular flexibility index (Phi) is 6.09. The van der Waals surface area contributed by atoms with Gasteiger partial charge < -0.3 is 14.8 Å². The maximum atomic E-state index is 13.1. The van der Waals surface area contributed by atoms with Crippen molar-refractivity contribution >= 4 is 23.4 Å². The molecule has 2 heterocycles. The van der Waals surface area contributed by atoms with Gasteiger partial charge in [0.15, 0.2) is 0 Å². The predicted molar refractivity (Wildman–Crippen MR) is 119 cm³/mol. The van der Waals surface area contributed by atoms with E-state index < -0.39 is 12.0 Å². The average Bonchev–Trinajstić information content (AvgIpc) is 3.34. The van der Waals surface area contributed by atoms with Crippen molar-refractivity contribution in [2.45, 2.75) is 25.9 Å². The zero-order valence-corrected chi connectivity index (χ0v) is 18.3. The number of hydrogen-bond donors (Lipinski definition) is 1. The monoisotopic (exact) mass is 436 g/mol. The van der Waals surface area contributed by atoms with Gasteiger partial charge in [-0.3, -0.25) is 9.59 Å². The summed E-state index contributed by atoms with van der Waals surface area (Å²) in [6.07, 6.45) is 3.76. The molecule has 0 aliphatic carbocycles. The standard InChI is InChI=1S/C24H25ClN4O2/c1-16-3-5-17(6-4-16)14-29-15-19(13-21(29)30)24(31)27-22(23-26-11-12-28(23)2)18-7-9-20(25)10-8-18/h3-12,19,22H,13-15H2,1-2H3,(H,27,31)/t19-,22-/m0/s1. The van der Waals surface area contributed by atoms with Crippen LogP contribution in [0.25, 0.3) is 0 Å². The fourth-order valence-corrected chi connectivity index (χ4v) is 4.01. The second-order valence-electron chi connectivity index (χ2n) is 8.05. The number of likely N-dealkylation sites (tertiary alicyclic amines) is 1. The highest BCUT2D eigenvalue weighted by Gasteiger charge is 2.35. The minimum absolute atomic E-state index is 0.000703. The average molecular weight is 437 g/mol. The lowest BCUT2D eigenvalue weighted by atomic mass is 10.0. The third-order valence-corrected chi connectivity index (χ3v) is 5.94. The number of amides is 2. The molecule has 160 valence electrons. The van der Waals surface area contributed by atoms with Crippen molar-refractivity contribution in [3.63, 3.8) is 0 Å². The lowest BCUT2D eigenvalue weighted by Crippen LogP contribution is -2.37. The molecule has 0 spiro atoms. The Bertz CT molecular complexity index is 1080. The smallest absolute Gasteiger partial charge is 0.226 e. The van der Waals surface area contributed by atoms with Gasteiger partial charge in [0.05, 0.1) is 5.92 Å². The molecule has 2 atom stereocenters. The summed E-state index contributed by atoms with van der Waals surface area (Å²) in [4.78, 5) is 31.9. The lowest BCUT2D eigenvalue weighted by molar-refractivity contribution is -0.129. The number of imidazole rings is 1. The molecular weight excluding hydrogens is 412 g/mol. The van der Waals surface area contributed by atoms with Gasteiger partial charge in [-0.25, -0.2) is 4.98 Å². The maximum absolute atomic E-state index is 13.1. The first kappa shape index (κ1) is 21.1. The minimum atomic E-state index is -0.425. The number of halogens is 1. The summed E-state index contributed by atoms with van der Waals surface area (Å²) >= 11 is 6.04. The van der Waals surface area contributed by atoms with E-state index in [-0.39, 0.29) is 18.2 Å². The number of benzene rings is 2. The van der Waals surface area contributed by atoms with E-state index in [1.54, 1.807) is 23.2 Å². The van der Waals surface area contributed by atoms with Crippen LogP contribution in [0.15, 0.2) is 60.9 Å². The van der Waals surface area contributed by atoms with E-state index in [9.17, 15) is 9.59 Å². The third-order valence-electron chi connectivity index (χ3n) is 5.69. The fourth-order valence-electron chi connectivity index (χ4n) is 3.88. The molecule has 1 aliphatic heterocycles. The quantitative estimate of drug-likeness (QED) is 0.641. The van der Waals surface area contributed by atoms with E-state index in [1.807, 2.05) is 61.1 Å². The van der Waals surface area contributed by atoms with Crippen molar-refractivity contribution in [3.05, 3.63) is 88.5 Å². The van der Waals surface area contributed by atoms with Gasteiger partial charge >= 0.3 is 0 Å². The van der Waals surface area contributed by atoms with E-state index in [4.69, 9.17) is 11.6 Å². The van der Waals surface area contributed by atoms with Gasteiger partial charge in [0, 0.05) is 44.0 Å². The van der Waals surface area contributed by atoms with Crippen molar-refractivity contribution in [3.8, 4) is 0 Å². The number of aryl methyl sites for hydroxylation is 2. The van der Waals surface area contributed by atoms with Crippen LogP contribution in [-0.2, 0) is 23.2 Å². The number of carbonyl (C=O) groups is 2. The van der Waals surface area contributed by atoms with Crippen LogP contribution in [0.4, 0.5) is 0 Å². The summed E-state index contributed by atoms with van der Waals surface area (Å²) in [7, 11) is 1.89. The zero-order chi connectivity index (χ0) is 22.0. The molecule has 6 nitrogen and oxygen atoms in total. The molecule has 0 radical (unpaired) electrons. The molecule has 0 saturated carbocycles. The predicted octanol–water partition coefficient (Wildman–Crippen LogP) is 3.64. The molecule has 1 aromatic heterocycles. The number of carbonyl (C=O) groups excluding carboxylic acids is 2. The lowest BCUT2D eigenvalue weighted by Gasteiger charge is -2.21. The number of hydrogen-bond acceptors (Lipinski definition) is 3. The fraction of sp³-hybridized carbons (Fsp3) is 0.292. The molecule has 1 fully saturated rings. The summed E-state index contributed by atoms with van der Waals surface area (Å²) in [5, 5.41) is 3.73. The zero-order valence-electron chi connectivity index (χ0n) is 17.6. The van der Waals surface area contributed by atoms with Gasteiger partial charge in [-0.15, -0.1) is 0 Å². The molecule has 4 rings (SSSR count). The van der Waals surface area contributed by atoms with Gasteiger partial charge in [-0.05, 0) is 30.2 Å². The largest absolute Gasteiger partial charge is 0.342 e. The van der Waals surface area contributed by atoms with Crippen molar-refractivity contribution in [1.82, 2.24) is 19.8 Å². The summed E-state index contributed by atoms with van der Waals surface area (Å²) in [5.41, 5.74) is 3.12. The Hall–Kier alpha value is -3.12. The van der Waals surface area contributed by atoms with Crippen LogP contribution in [0, 0.1) is 12.8 Å². The molecule has 1 aliphatic rings. The second kappa shape index (κ2) is 8.94. The molecule has 0 unspecified atom stereocenters. The Balaban J connectivity index is 1.48. The van der Waals surface area contributed by atoms with E-state index in [0.29, 0.717) is 18.1 Å². The van der Waals surface area contributed by atoms with Crippen molar-refractivity contribution in [1.29, 1.82) is 0 Å². The van der Waals surface area contributed by atoms with Gasteiger partial charge in [0.2, 0.25) is 11.8 Å².